The minimum Gasteiger partial charge on any atom is -0.492 e. The van der Waals surface area contributed by atoms with Crippen LogP contribution in [0.25, 0.3) is 0 Å². The fourth-order valence-electron chi connectivity index (χ4n) is 3.07. The highest BCUT2D eigenvalue weighted by Gasteiger charge is 2.23. The van der Waals surface area contributed by atoms with Gasteiger partial charge in [-0.15, -0.1) is 0 Å². The number of non-ortho nitro benzene ring substituents is 1. The molecule has 1 aliphatic rings. The maximum atomic E-state index is 12.5. The van der Waals surface area contributed by atoms with E-state index in [1.807, 2.05) is 26.0 Å². The van der Waals surface area contributed by atoms with Gasteiger partial charge in [-0.05, 0) is 32.9 Å². The van der Waals surface area contributed by atoms with E-state index in [0.29, 0.717) is 23.7 Å². The molecule has 28 heavy (non-hydrogen) atoms. The number of nitrogens with zero attached hydrogens (tertiary/aromatic N) is 1. The molecule has 2 N–H and O–H groups in total. The lowest BCUT2D eigenvalue weighted by atomic mass is 10.1. The second kappa shape index (κ2) is 8.16. The molecule has 3 rings (SSSR count). The predicted molar refractivity (Wildman–Crippen MR) is 106 cm³/mol. The predicted octanol–water partition coefficient (Wildman–Crippen LogP) is 3.76. The molecule has 2 atom stereocenters. The number of anilines is 2. The Bertz CT molecular complexity index is 899. The van der Waals surface area contributed by atoms with E-state index in [2.05, 4.69) is 10.6 Å². The summed E-state index contributed by atoms with van der Waals surface area (Å²) in [5.74, 6) is 1.12. The van der Waals surface area contributed by atoms with Crippen LogP contribution in [-0.2, 0) is 11.2 Å². The Kier molecular flexibility index (Phi) is 5.67. The lowest BCUT2D eigenvalue weighted by molar-refractivity contribution is -0.384. The third-order valence-corrected chi connectivity index (χ3v) is 4.39. The first-order valence-electron chi connectivity index (χ1n) is 9.15. The van der Waals surface area contributed by atoms with Crippen molar-refractivity contribution in [3.05, 3.63) is 52.1 Å². The molecule has 2 aromatic carbocycles. The largest absolute Gasteiger partial charge is 0.492 e. The molecular weight excluding hydrogens is 362 g/mol. The third kappa shape index (κ3) is 4.33. The van der Waals surface area contributed by atoms with E-state index >= 15 is 0 Å². The molecule has 8 nitrogen and oxygen atoms in total. The van der Waals surface area contributed by atoms with Crippen LogP contribution in [0, 0.1) is 10.1 Å². The number of rotatable bonds is 7. The molecule has 1 heterocycles. The maximum absolute atomic E-state index is 12.5. The molecule has 0 radical (unpaired) electrons. The Labute approximate surface area is 163 Å². The quantitative estimate of drug-likeness (QED) is 0.556. The van der Waals surface area contributed by atoms with Crippen LogP contribution < -0.4 is 20.1 Å². The molecular formula is C20H23N3O5. The summed E-state index contributed by atoms with van der Waals surface area (Å²) in [6.45, 7) is 6.11. The van der Waals surface area contributed by atoms with Gasteiger partial charge >= 0.3 is 0 Å². The van der Waals surface area contributed by atoms with Gasteiger partial charge in [0.25, 0.3) is 5.69 Å². The highest BCUT2D eigenvalue weighted by molar-refractivity contribution is 5.96. The lowest BCUT2D eigenvalue weighted by Gasteiger charge is -2.19. The molecule has 0 saturated heterocycles. The Morgan fingerprint density at radius 3 is 2.89 bits per heavy atom. The van der Waals surface area contributed by atoms with Gasteiger partial charge in [0, 0.05) is 35.9 Å². The fourth-order valence-corrected chi connectivity index (χ4v) is 3.07. The number of hydrogen-bond acceptors (Lipinski definition) is 6. The molecule has 0 saturated carbocycles. The number of amides is 1. The van der Waals surface area contributed by atoms with Crippen LogP contribution in [0.2, 0.25) is 0 Å². The highest BCUT2D eigenvalue weighted by Crippen LogP contribution is 2.38. The summed E-state index contributed by atoms with van der Waals surface area (Å²) >= 11 is 0. The monoisotopic (exact) mass is 385 g/mol. The second-order valence-electron chi connectivity index (χ2n) is 6.68. The van der Waals surface area contributed by atoms with Gasteiger partial charge in [-0.1, -0.05) is 6.07 Å². The normalized spacial score (nSPS) is 15.9. The number of nitro groups is 1. The van der Waals surface area contributed by atoms with Gasteiger partial charge in [0.2, 0.25) is 5.91 Å². The number of nitro benzene ring substituents is 1. The molecule has 0 fully saturated rings. The minimum atomic E-state index is -0.602. The van der Waals surface area contributed by atoms with E-state index in [1.165, 1.54) is 18.2 Å². The van der Waals surface area contributed by atoms with Crippen LogP contribution >= 0.6 is 0 Å². The summed E-state index contributed by atoms with van der Waals surface area (Å²) in [4.78, 5) is 22.9. The SMILES string of the molecule is CCOc1cc2c(cc1N[C@H](C)C(=O)Nc1cccc([N+](=O)[O-])c1)O[C@H](C)C2. The van der Waals surface area contributed by atoms with Gasteiger partial charge in [0.15, 0.2) is 0 Å². The van der Waals surface area contributed by atoms with Crippen molar-refractivity contribution in [1.29, 1.82) is 0 Å². The number of hydrogen-bond donors (Lipinski definition) is 2. The standard InChI is InChI=1S/C20H23N3O5/c1-4-27-19-9-14-8-12(2)28-18(14)11-17(19)21-13(3)20(24)22-15-6-5-7-16(10-15)23(25)26/h5-7,9-13,21H,4,8H2,1-3H3,(H,22,24)/t12-,13-/m1/s1. The maximum Gasteiger partial charge on any atom is 0.271 e. The van der Waals surface area contributed by atoms with Gasteiger partial charge < -0.3 is 20.1 Å². The fraction of sp³-hybridized carbons (Fsp3) is 0.350. The Hall–Kier alpha value is -3.29. The van der Waals surface area contributed by atoms with Gasteiger partial charge in [-0.3, -0.25) is 14.9 Å². The highest BCUT2D eigenvalue weighted by atomic mass is 16.6. The second-order valence-corrected chi connectivity index (χ2v) is 6.68. The summed E-state index contributed by atoms with van der Waals surface area (Å²) < 4.78 is 11.5. The molecule has 2 aromatic rings. The van der Waals surface area contributed by atoms with Crippen LogP contribution in [0.1, 0.15) is 26.3 Å². The van der Waals surface area contributed by atoms with Gasteiger partial charge in [0.05, 0.1) is 17.2 Å². The van der Waals surface area contributed by atoms with Crippen LogP contribution in [-0.4, -0.2) is 29.6 Å². The van der Waals surface area contributed by atoms with Crippen molar-refractivity contribution in [2.45, 2.75) is 39.3 Å². The summed E-state index contributed by atoms with van der Waals surface area (Å²) in [5.41, 5.74) is 2.03. The smallest absolute Gasteiger partial charge is 0.271 e. The third-order valence-electron chi connectivity index (χ3n) is 4.39. The average Bonchev–Trinajstić information content (AvgIpc) is 3.01. The first-order chi connectivity index (χ1) is 13.4. The number of nitrogens with one attached hydrogen (secondary N) is 2. The topological polar surface area (TPSA) is 103 Å². The zero-order valence-corrected chi connectivity index (χ0v) is 16.0. The first kappa shape index (κ1) is 19.5. The zero-order valence-electron chi connectivity index (χ0n) is 16.0. The Morgan fingerprint density at radius 2 is 2.18 bits per heavy atom. The van der Waals surface area contributed by atoms with E-state index in [-0.39, 0.29) is 17.7 Å². The Morgan fingerprint density at radius 1 is 1.39 bits per heavy atom. The van der Waals surface area contributed by atoms with E-state index < -0.39 is 11.0 Å². The minimum absolute atomic E-state index is 0.0815. The number of carbonyl (C=O) groups is 1. The van der Waals surface area contributed by atoms with Crippen molar-refractivity contribution in [3.63, 3.8) is 0 Å². The van der Waals surface area contributed by atoms with Crippen molar-refractivity contribution < 1.29 is 19.2 Å². The van der Waals surface area contributed by atoms with Gasteiger partial charge in [0.1, 0.15) is 23.6 Å². The van der Waals surface area contributed by atoms with E-state index in [4.69, 9.17) is 9.47 Å². The van der Waals surface area contributed by atoms with Crippen LogP contribution in [0.15, 0.2) is 36.4 Å². The number of fused-ring (bicyclic) bond motifs is 1. The van der Waals surface area contributed by atoms with Gasteiger partial charge in [-0.25, -0.2) is 0 Å². The van der Waals surface area contributed by atoms with E-state index in [9.17, 15) is 14.9 Å². The summed E-state index contributed by atoms with van der Waals surface area (Å²) in [6.07, 6.45) is 0.924. The summed E-state index contributed by atoms with van der Waals surface area (Å²) in [5, 5.41) is 16.7. The van der Waals surface area contributed by atoms with Crippen molar-refractivity contribution >= 4 is 23.0 Å². The van der Waals surface area contributed by atoms with E-state index in [1.54, 1.807) is 13.0 Å². The molecule has 1 amide bonds. The first-order valence-corrected chi connectivity index (χ1v) is 9.15. The van der Waals surface area contributed by atoms with Crippen LogP contribution in [0.5, 0.6) is 11.5 Å². The molecule has 1 aliphatic heterocycles. The zero-order chi connectivity index (χ0) is 20.3. The number of carbonyl (C=O) groups excluding carboxylic acids is 1. The molecule has 0 spiro atoms. The van der Waals surface area contributed by atoms with E-state index in [0.717, 1.165) is 17.7 Å². The molecule has 0 aromatic heterocycles. The lowest BCUT2D eigenvalue weighted by Crippen LogP contribution is -2.32. The molecule has 148 valence electrons. The van der Waals surface area contributed by atoms with Crippen molar-refractivity contribution in [2.24, 2.45) is 0 Å². The summed E-state index contributed by atoms with van der Waals surface area (Å²) in [7, 11) is 0. The van der Waals surface area contributed by atoms with Crippen molar-refractivity contribution in [3.8, 4) is 11.5 Å². The van der Waals surface area contributed by atoms with Crippen LogP contribution in [0.4, 0.5) is 17.1 Å². The number of benzene rings is 2. The number of ether oxygens (including phenoxy) is 2. The average molecular weight is 385 g/mol. The van der Waals surface area contributed by atoms with Gasteiger partial charge in [-0.2, -0.15) is 0 Å². The van der Waals surface area contributed by atoms with Crippen molar-refractivity contribution in [2.75, 3.05) is 17.2 Å². The molecule has 0 unspecified atom stereocenters. The molecule has 0 aliphatic carbocycles. The molecule has 0 bridgehead atoms. The van der Waals surface area contributed by atoms with Crippen molar-refractivity contribution in [1.82, 2.24) is 0 Å². The summed E-state index contributed by atoms with van der Waals surface area (Å²) in [6, 6.07) is 9.01. The molecule has 8 heteroatoms. The Balaban J connectivity index is 1.74. The van der Waals surface area contributed by atoms with Crippen LogP contribution in [0.3, 0.4) is 0 Å².